The van der Waals surface area contributed by atoms with E-state index in [4.69, 9.17) is 0 Å². The summed E-state index contributed by atoms with van der Waals surface area (Å²) in [6.07, 6.45) is 5.65. The second kappa shape index (κ2) is 4.71. The van der Waals surface area contributed by atoms with Crippen molar-refractivity contribution in [2.24, 2.45) is 0 Å². The van der Waals surface area contributed by atoms with Crippen molar-refractivity contribution in [1.29, 1.82) is 0 Å². The first-order valence-electron chi connectivity index (χ1n) is 6.77. The molecule has 2 unspecified atom stereocenters. The fourth-order valence-electron chi connectivity index (χ4n) is 3.38. The molecule has 2 fully saturated rings. The van der Waals surface area contributed by atoms with Gasteiger partial charge in [-0.3, -0.25) is 4.90 Å². The van der Waals surface area contributed by atoms with Gasteiger partial charge in [-0.2, -0.15) is 0 Å². The minimum atomic E-state index is -0.0433. The van der Waals surface area contributed by atoms with Gasteiger partial charge in [0.2, 0.25) is 0 Å². The van der Waals surface area contributed by atoms with E-state index in [9.17, 15) is 5.11 Å². The Balaban J connectivity index is 1.69. The lowest BCUT2D eigenvalue weighted by Gasteiger charge is -2.36. The smallest absolute Gasteiger partial charge is 0.0570 e. The number of aliphatic hydroxyl groups is 1. The quantitative estimate of drug-likeness (QED) is 0.893. The molecule has 1 aromatic rings. The predicted molar refractivity (Wildman–Crippen MR) is 71.3 cm³/mol. The van der Waals surface area contributed by atoms with E-state index in [1.807, 2.05) is 11.3 Å². The molecule has 0 spiro atoms. The summed E-state index contributed by atoms with van der Waals surface area (Å²) < 4.78 is 0. The van der Waals surface area contributed by atoms with Gasteiger partial charge in [-0.1, -0.05) is 6.92 Å². The largest absolute Gasteiger partial charge is 0.393 e. The monoisotopic (exact) mass is 251 g/mol. The zero-order valence-corrected chi connectivity index (χ0v) is 11.2. The van der Waals surface area contributed by atoms with Gasteiger partial charge in [0.05, 0.1) is 6.10 Å². The third-order valence-corrected chi connectivity index (χ3v) is 5.48. The van der Waals surface area contributed by atoms with Crippen LogP contribution in [0.4, 0.5) is 0 Å². The van der Waals surface area contributed by atoms with E-state index in [2.05, 4.69) is 24.0 Å². The lowest BCUT2D eigenvalue weighted by Crippen LogP contribution is -2.43. The molecule has 3 rings (SSSR count). The van der Waals surface area contributed by atoms with Crippen LogP contribution in [0.3, 0.4) is 0 Å². The average molecular weight is 251 g/mol. The molecule has 3 heteroatoms. The number of fused-ring (bicyclic) bond motifs is 2. The Morgan fingerprint density at radius 2 is 1.88 bits per heavy atom. The van der Waals surface area contributed by atoms with E-state index in [1.54, 1.807) is 0 Å². The lowest BCUT2D eigenvalue weighted by atomic mass is 10.00. The molecule has 0 aliphatic carbocycles. The molecule has 1 N–H and O–H groups in total. The van der Waals surface area contributed by atoms with Crippen LogP contribution in [0.1, 0.15) is 42.4 Å². The highest BCUT2D eigenvalue weighted by Crippen LogP contribution is 2.37. The molecule has 94 valence electrons. The van der Waals surface area contributed by atoms with Gasteiger partial charge in [0, 0.05) is 28.4 Å². The molecule has 0 aromatic carbocycles. The summed E-state index contributed by atoms with van der Waals surface area (Å²) in [6.45, 7) is 3.32. The number of hydrogen-bond acceptors (Lipinski definition) is 3. The normalized spacial score (nSPS) is 33.2. The molecule has 0 radical (unpaired) electrons. The number of thiophene rings is 1. The molecule has 2 aliphatic heterocycles. The minimum Gasteiger partial charge on any atom is -0.393 e. The maximum atomic E-state index is 9.79. The number of hydrogen-bond donors (Lipinski definition) is 1. The fourth-order valence-corrected chi connectivity index (χ4v) is 4.35. The zero-order chi connectivity index (χ0) is 11.8. The van der Waals surface area contributed by atoms with Crippen molar-refractivity contribution in [3.63, 3.8) is 0 Å². The van der Waals surface area contributed by atoms with Crippen LogP contribution >= 0.6 is 11.3 Å². The van der Waals surface area contributed by atoms with Crippen LogP contribution in [0.25, 0.3) is 0 Å². The number of nitrogens with zero attached hydrogens (tertiary/aromatic N) is 1. The van der Waals surface area contributed by atoms with Crippen molar-refractivity contribution in [3.05, 3.63) is 21.9 Å². The SMILES string of the molecule is CCc1ccc(CN2C3CCC2CC(O)C3)s1. The Morgan fingerprint density at radius 3 is 2.47 bits per heavy atom. The summed E-state index contributed by atoms with van der Waals surface area (Å²) in [5, 5.41) is 9.79. The second-order valence-corrected chi connectivity index (χ2v) is 6.66. The van der Waals surface area contributed by atoms with Crippen LogP contribution in [0.5, 0.6) is 0 Å². The van der Waals surface area contributed by atoms with E-state index < -0.39 is 0 Å². The van der Waals surface area contributed by atoms with Crippen molar-refractivity contribution in [1.82, 2.24) is 4.90 Å². The van der Waals surface area contributed by atoms with Crippen LogP contribution in [0.15, 0.2) is 12.1 Å². The first kappa shape index (κ1) is 11.7. The van der Waals surface area contributed by atoms with Gasteiger partial charge in [0.25, 0.3) is 0 Å². The Labute approximate surface area is 107 Å². The highest BCUT2D eigenvalue weighted by atomic mass is 32.1. The topological polar surface area (TPSA) is 23.5 Å². The Kier molecular flexibility index (Phi) is 3.24. The molecule has 0 amide bonds. The highest BCUT2D eigenvalue weighted by molar-refractivity contribution is 7.11. The molecule has 1 aromatic heterocycles. The van der Waals surface area contributed by atoms with Crippen molar-refractivity contribution in [3.8, 4) is 0 Å². The van der Waals surface area contributed by atoms with Gasteiger partial charge >= 0.3 is 0 Å². The molecule has 3 heterocycles. The van der Waals surface area contributed by atoms with E-state index >= 15 is 0 Å². The third kappa shape index (κ3) is 2.28. The standard InChI is InChI=1S/C14H21NOS/c1-2-13-5-6-14(17-13)9-15-10-3-4-11(15)8-12(16)7-10/h5-6,10-12,16H,2-4,7-9H2,1H3. The molecule has 2 atom stereocenters. The maximum Gasteiger partial charge on any atom is 0.0570 e. The first-order chi connectivity index (χ1) is 8.26. The number of aliphatic hydroxyl groups excluding tert-OH is 1. The maximum absolute atomic E-state index is 9.79. The summed E-state index contributed by atoms with van der Waals surface area (Å²) in [6, 6.07) is 5.82. The predicted octanol–water partition coefficient (Wildman–Crippen LogP) is 2.80. The van der Waals surface area contributed by atoms with Crippen molar-refractivity contribution in [2.45, 2.75) is 63.8 Å². The Bertz CT molecular complexity index is 375. The summed E-state index contributed by atoms with van der Waals surface area (Å²) in [5.74, 6) is 0. The van der Waals surface area contributed by atoms with Gasteiger partial charge < -0.3 is 5.11 Å². The molecular formula is C14H21NOS. The number of rotatable bonds is 3. The second-order valence-electron chi connectivity index (χ2n) is 5.40. The van der Waals surface area contributed by atoms with Crippen molar-refractivity contribution >= 4 is 11.3 Å². The fraction of sp³-hybridized carbons (Fsp3) is 0.714. The Hall–Kier alpha value is -0.380. The van der Waals surface area contributed by atoms with Crippen LogP contribution < -0.4 is 0 Å². The minimum absolute atomic E-state index is 0.0433. The Morgan fingerprint density at radius 1 is 1.24 bits per heavy atom. The molecule has 2 saturated heterocycles. The highest BCUT2D eigenvalue weighted by Gasteiger charge is 2.39. The number of aryl methyl sites for hydroxylation is 1. The van der Waals surface area contributed by atoms with Gasteiger partial charge in [0.15, 0.2) is 0 Å². The molecule has 0 saturated carbocycles. The zero-order valence-electron chi connectivity index (χ0n) is 10.4. The molecule has 17 heavy (non-hydrogen) atoms. The first-order valence-corrected chi connectivity index (χ1v) is 7.59. The molecular weight excluding hydrogens is 230 g/mol. The summed E-state index contributed by atoms with van der Waals surface area (Å²) in [4.78, 5) is 5.62. The van der Waals surface area contributed by atoms with Gasteiger partial charge in [-0.25, -0.2) is 0 Å². The molecule has 2 aliphatic rings. The van der Waals surface area contributed by atoms with Crippen molar-refractivity contribution in [2.75, 3.05) is 0 Å². The summed E-state index contributed by atoms with van der Waals surface area (Å²) in [5.41, 5.74) is 0. The van der Waals surface area contributed by atoms with Crippen LogP contribution in [-0.2, 0) is 13.0 Å². The third-order valence-electron chi connectivity index (χ3n) is 4.26. The van der Waals surface area contributed by atoms with Crippen LogP contribution in [-0.4, -0.2) is 28.2 Å². The molecule has 2 bridgehead atoms. The summed E-state index contributed by atoms with van der Waals surface area (Å²) >= 11 is 1.96. The van der Waals surface area contributed by atoms with Gasteiger partial charge in [-0.15, -0.1) is 11.3 Å². The van der Waals surface area contributed by atoms with E-state index in [-0.39, 0.29) is 6.10 Å². The van der Waals surface area contributed by atoms with E-state index in [0.29, 0.717) is 12.1 Å². The van der Waals surface area contributed by atoms with Crippen LogP contribution in [0.2, 0.25) is 0 Å². The van der Waals surface area contributed by atoms with Crippen LogP contribution in [0, 0.1) is 0 Å². The van der Waals surface area contributed by atoms with Crippen molar-refractivity contribution < 1.29 is 5.11 Å². The van der Waals surface area contributed by atoms with Gasteiger partial charge in [0.1, 0.15) is 0 Å². The van der Waals surface area contributed by atoms with E-state index in [0.717, 1.165) is 25.8 Å². The van der Waals surface area contributed by atoms with E-state index in [1.165, 1.54) is 22.6 Å². The summed E-state index contributed by atoms with van der Waals surface area (Å²) in [7, 11) is 0. The van der Waals surface area contributed by atoms with Gasteiger partial charge in [-0.05, 0) is 44.2 Å². The lowest BCUT2D eigenvalue weighted by molar-refractivity contribution is 0.0316. The number of piperidine rings is 1. The molecule has 2 nitrogen and oxygen atoms in total. The average Bonchev–Trinajstić information content (AvgIpc) is 2.85.